The molecule has 14 heavy (non-hydrogen) atoms. The summed E-state index contributed by atoms with van der Waals surface area (Å²) in [6, 6.07) is 0. The lowest BCUT2D eigenvalue weighted by Gasteiger charge is -2.36. The highest BCUT2D eigenvalue weighted by atomic mass is 32.1. The summed E-state index contributed by atoms with van der Waals surface area (Å²) < 4.78 is 3.84. The van der Waals surface area contributed by atoms with Gasteiger partial charge in [0.15, 0.2) is 0 Å². The molecule has 2 rings (SSSR count). The van der Waals surface area contributed by atoms with Gasteiger partial charge in [0.25, 0.3) is 0 Å². The first-order chi connectivity index (χ1) is 6.66. The van der Waals surface area contributed by atoms with Crippen LogP contribution in [0.25, 0.3) is 0 Å². The number of nitrogens with zero attached hydrogens (tertiary/aromatic N) is 3. The van der Waals surface area contributed by atoms with E-state index in [-0.39, 0.29) is 5.92 Å². The molecule has 0 unspecified atom stereocenters. The van der Waals surface area contributed by atoms with Gasteiger partial charge in [-0.25, -0.2) is 0 Å². The molecular formula is C8H11N3O2S. The smallest absolute Gasteiger partial charge is 0.309 e. The quantitative estimate of drug-likeness (QED) is 0.785. The second-order valence-electron chi connectivity index (χ2n) is 3.51. The van der Waals surface area contributed by atoms with E-state index in [0.717, 1.165) is 17.1 Å². The Labute approximate surface area is 85.5 Å². The molecule has 0 atom stereocenters. The SMILES string of the molecule is Cc1nnsc1CN1CC(C(=O)O)C1. The lowest BCUT2D eigenvalue weighted by molar-refractivity contribution is -0.147. The van der Waals surface area contributed by atoms with Crippen LogP contribution in [0.1, 0.15) is 10.6 Å². The van der Waals surface area contributed by atoms with E-state index >= 15 is 0 Å². The average molecular weight is 213 g/mol. The zero-order chi connectivity index (χ0) is 10.1. The van der Waals surface area contributed by atoms with Crippen molar-refractivity contribution < 1.29 is 9.90 Å². The number of likely N-dealkylation sites (tertiary alicyclic amines) is 1. The van der Waals surface area contributed by atoms with E-state index < -0.39 is 5.97 Å². The third-order valence-electron chi connectivity index (χ3n) is 2.42. The first kappa shape index (κ1) is 9.54. The normalized spacial score (nSPS) is 18.1. The van der Waals surface area contributed by atoms with E-state index in [4.69, 9.17) is 5.11 Å². The van der Waals surface area contributed by atoms with Gasteiger partial charge in [0.1, 0.15) is 0 Å². The molecule has 1 aromatic rings. The van der Waals surface area contributed by atoms with Crippen LogP contribution in [0.2, 0.25) is 0 Å². The number of aromatic nitrogens is 2. The summed E-state index contributed by atoms with van der Waals surface area (Å²) in [5.41, 5.74) is 0.953. The fourth-order valence-corrected chi connectivity index (χ4v) is 2.13. The van der Waals surface area contributed by atoms with Crippen molar-refractivity contribution in [1.82, 2.24) is 14.5 Å². The van der Waals surface area contributed by atoms with Crippen molar-refractivity contribution in [3.05, 3.63) is 10.6 Å². The molecule has 0 amide bonds. The maximum Gasteiger partial charge on any atom is 0.309 e. The maximum absolute atomic E-state index is 10.5. The fourth-order valence-electron chi connectivity index (χ4n) is 1.45. The van der Waals surface area contributed by atoms with Gasteiger partial charge in [-0.2, -0.15) is 0 Å². The molecule has 0 aliphatic carbocycles. The Morgan fingerprint density at radius 3 is 2.93 bits per heavy atom. The summed E-state index contributed by atoms with van der Waals surface area (Å²) in [4.78, 5) is 13.8. The molecule has 6 heteroatoms. The first-order valence-corrected chi connectivity index (χ1v) is 5.17. The number of carbonyl (C=O) groups is 1. The second kappa shape index (κ2) is 3.62. The Morgan fingerprint density at radius 2 is 2.43 bits per heavy atom. The van der Waals surface area contributed by atoms with Crippen LogP contribution in [0, 0.1) is 12.8 Å². The minimum absolute atomic E-state index is 0.184. The standard InChI is InChI=1S/C8H11N3O2S/c1-5-7(14-10-9-5)4-11-2-6(3-11)8(12)13/h6H,2-4H2,1H3,(H,12,13). The molecule has 1 aliphatic heterocycles. The van der Waals surface area contributed by atoms with Crippen LogP contribution in [-0.4, -0.2) is 38.7 Å². The highest BCUT2D eigenvalue weighted by molar-refractivity contribution is 7.05. The molecule has 1 fully saturated rings. The average Bonchev–Trinajstić information content (AvgIpc) is 2.42. The van der Waals surface area contributed by atoms with Crippen LogP contribution in [0.5, 0.6) is 0 Å². The summed E-state index contributed by atoms with van der Waals surface area (Å²) >= 11 is 1.39. The van der Waals surface area contributed by atoms with Crippen molar-refractivity contribution in [2.75, 3.05) is 13.1 Å². The van der Waals surface area contributed by atoms with Gasteiger partial charge < -0.3 is 5.11 Å². The summed E-state index contributed by atoms with van der Waals surface area (Å²) in [5, 5.41) is 12.6. The number of hydrogen-bond donors (Lipinski definition) is 1. The summed E-state index contributed by atoms with van der Waals surface area (Å²) in [6.07, 6.45) is 0. The first-order valence-electron chi connectivity index (χ1n) is 4.40. The third-order valence-corrected chi connectivity index (χ3v) is 3.23. The van der Waals surface area contributed by atoms with Gasteiger partial charge in [0.2, 0.25) is 0 Å². The molecule has 0 spiro atoms. The summed E-state index contributed by atoms with van der Waals surface area (Å²) in [7, 11) is 0. The Kier molecular flexibility index (Phi) is 2.47. The number of rotatable bonds is 3. The van der Waals surface area contributed by atoms with Gasteiger partial charge in [-0.05, 0) is 18.5 Å². The van der Waals surface area contributed by atoms with Crippen LogP contribution in [-0.2, 0) is 11.3 Å². The summed E-state index contributed by atoms with van der Waals surface area (Å²) in [5.74, 6) is -0.878. The van der Waals surface area contributed by atoms with Crippen LogP contribution in [0.3, 0.4) is 0 Å². The molecule has 1 aliphatic rings. The number of hydrogen-bond acceptors (Lipinski definition) is 5. The number of carboxylic acid groups (broad SMARTS) is 1. The molecule has 5 nitrogen and oxygen atoms in total. The molecule has 0 saturated carbocycles. The number of aryl methyl sites for hydroxylation is 1. The predicted octanol–water partition coefficient (Wildman–Crippen LogP) is 0.363. The van der Waals surface area contributed by atoms with E-state index in [1.807, 2.05) is 6.92 Å². The van der Waals surface area contributed by atoms with Gasteiger partial charge in [0.05, 0.1) is 16.5 Å². The molecule has 0 radical (unpaired) electrons. The van der Waals surface area contributed by atoms with Crippen LogP contribution in [0.15, 0.2) is 0 Å². The van der Waals surface area contributed by atoms with E-state index in [9.17, 15) is 4.79 Å². The van der Waals surface area contributed by atoms with E-state index in [1.54, 1.807) is 0 Å². The molecule has 0 bridgehead atoms. The van der Waals surface area contributed by atoms with Gasteiger partial charge in [0, 0.05) is 19.6 Å². The van der Waals surface area contributed by atoms with Crippen molar-refractivity contribution in [2.45, 2.75) is 13.5 Å². The fraction of sp³-hybridized carbons (Fsp3) is 0.625. The maximum atomic E-state index is 10.5. The van der Waals surface area contributed by atoms with E-state index in [0.29, 0.717) is 13.1 Å². The highest BCUT2D eigenvalue weighted by Crippen LogP contribution is 2.21. The van der Waals surface area contributed by atoms with Gasteiger partial charge in [-0.1, -0.05) is 4.49 Å². The summed E-state index contributed by atoms with van der Waals surface area (Å²) in [6.45, 7) is 4.00. The largest absolute Gasteiger partial charge is 0.481 e. The highest BCUT2D eigenvalue weighted by Gasteiger charge is 2.32. The number of carboxylic acids is 1. The Morgan fingerprint density at radius 1 is 1.71 bits per heavy atom. The Balaban J connectivity index is 1.85. The molecular weight excluding hydrogens is 202 g/mol. The van der Waals surface area contributed by atoms with Gasteiger partial charge >= 0.3 is 5.97 Å². The topological polar surface area (TPSA) is 66.3 Å². The van der Waals surface area contributed by atoms with Crippen molar-refractivity contribution in [3.8, 4) is 0 Å². The van der Waals surface area contributed by atoms with Crippen molar-refractivity contribution in [1.29, 1.82) is 0 Å². The van der Waals surface area contributed by atoms with Crippen molar-refractivity contribution in [3.63, 3.8) is 0 Å². The predicted molar refractivity (Wildman–Crippen MR) is 51.0 cm³/mol. The van der Waals surface area contributed by atoms with Crippen molar-refractivity contribution in [2.24, 2.45) is 5.92 Å². The minimum atomic E-state index is -0.694. The lowest BCUT2D eigenvalue weighted by Crippen LogP contribution is -2.49. The molecule has 2 heterocycles. The minimum Gasteiger partial charge on any atom is -0.481 e. The van der Waals surface area contributed by atoms with E-state index in [1.165, 1.54) is 11.5 Å². The van der Waals surface area contributed by atoms with Crippen LogP contribution in [0.4, 0.5) is 0 Å². The zero-order valence-corrected chi connectivity index (χ0v) is 8.62. The Bertz CT molecular complexity index is 346. The molecule has 0 aromatic carbocycles. The van der Waals surface area contributed by atoms with Crippen LogP contribution < -0.4 is 0 Å². The third kappa shape index (κ3) is 1.76. The van der Waals surface area contributed by atoms with Crippen LogP contribution >= 0.6 is 11.5 Å². The van der Waals surface area contributed by atoms with Crippen molar-refractivity contribution >= 4 is 17.5 Å². The molecule has 76 valence electrons. The van der Waals surface area contributed by atoms with Gasteiger partial charge in [-0.15, -0.1) is 5.10 Å². The lowest BCUT2D eigenvalue weighted by atomic mass is 10.0. The number of aliphatic carboxylic acids is 1. The molecule has 1 saturated heterocycles. The molecule has 1 aromatic heterocycles. The monoisotopic (exact) mass is 213 g/mol. The second-order valence-corrected chi connectivity index (χ2v) is 4.35. The molecule has 1 N–H and O–H groups in total. The van der Waals surface area contributed by atoms with E-state index in [2.05, 4.69) is 14.5 Å². The van der Waals surface area contributed by atoms with Gasteiger partial charge in [-0.3, -0.25) is 9.69 Å². The zero-order valence-electron chi connectivity index (χ0n) is 7.80. The Hall–Kier alpha value is -1.01.